The van der Waals surface area contributed by atoms with E-state index in [1.54, 1.807) is 30.3 Å². The van der Waals surface area contributed by atoms with Crippen LogP contribution in [0, 0.1) is 5.92 Å². The van der Waals surface area contributed by atoms with E-state index in [0.717, 1.165) is 31.6 Å². The van der Waals surface area contributed by atoms with Gasteiger partial charge in [0.1, 0.15) is 0 Å². The first-order valence-corrected chi connectivity index (χ1v) is 9.57. The fraction of sp³-hybridized carbons (Fsp3) is 0.333. The molecule has 142 valence electrons. The first kappa shape index (κ1) is 19.2. The molecule has 0 aromatic heterocycles. The molecule has 0 radical (unpaired) electrons. The Morgan fingerprint density at radius 1 is 1.07 bits per heavy atom. The van der Waals surface area contributed by atoms with Crippen molar-refractivity contribution in [2.45, 2.75) is 19.8 Å². The predicted molar refractivity (Wildman–Crippen MR) is 109 cm³/mol. The minimum Gasteiger partial charge on any atom is -0.376 e. The fourth-order valence-corrected chi connectivity index (χ4v) is 3.20. The Hall–Kier alpha value is -2.53. The van der Waals surface area contributed by atoms with Gasteiger partial charge < -0.3 is 15.5 Å². The van der Waals surface area contributed by atoms with Gasteiger partial charge in [0.05, 0.1) is 6.54 Å². The molecule has 6 heteroatoms. The number of likely N-dealkylation sites (tertiary alicyclic amines) is 1. The highest BCUT2D eigenvalue weighted by atomic mass is 35.5. The quantitative estimate of drug-likeness (QED) is 0.808. The van der Waals surface area contributed by atoms with Crippen molar-refractivity contribution in [2.24, 2.45) is 5.92 Å². The standard InChI is InChI=1S/C21H24ClN3O2/c1-15-9-11-25(12-10-15)21(27)16-3-2-4-19(13-16)23-14-20(26)24-18-7-5-17(22)6-8-18/h2-8,13,15,23H,9-12,14H2,1H3,(H,24,26). The second-order valence-corrected chi connectivity index (χ2v) is 7.40. The van der Waals surface area contributed by atoms with Crippen molar-refractivity contribution in [3.63, 3.8) is 0 Å². The van der Waals surface area contributed by atoms with Gasteiger partial charge in [-0.2, -0.15) is 0 Å². The van der Waals surface area contributed by atoms with Gasteiger partial charge in [0.25, 0.3) is 5.91 Å². The zero-order valence-corrected chi connectivity index (χ0v) is 16.1. The van der Waals surface area contributed by atoms with Crippen LogP contribution in [0.15, 0.2) is 48.5 Å². The molecule has 0 unspecified atom stereocenters. The number of piperidine rings is 1. The summed E-state index contributed by atoms with van der Waals surface area (Å²) in [5.74, 6) is 0.566. The molecular formula is C21H24ClN3O2. The highest BCUT2D eigenvalue weighted by molar-refractivity contribution is 6.30. The Labute approximate surface area is 164 Å². The molecule has 1 aliphatic heterocycles. The van der Waals surface area contributed by atoms with Crippen LogP contribution in [0.3, 0.4) is 0 Å². The van der Waals surface area contributed by atoms with Gasteiger partial charge in [-0.1, -0.05) is 24.6 Å². The summed E-state index contributed by atoms with van der Waals surface area (Å²) in [6.45, 7) is 3.95. The Bertz CT molecular complexity index is 799. The van der Waals surface area contributed by atoms with Crippen LogP contribution in [-0.2, 0) is 4.79 Å². The Kier molecular flexibility index (Phi) is 6.35. The van der Waals surface area contributed by atoms with E-state index in [9.17, 15) is 9.59 Å². The Balaban J connectivity index is 1.55. The zero-order chi connectivity index (χ0) is 19.2. The van der Waals surface area contributed by atoms with E-state index in [-0.39, 0.29) is 18.4 Å². The normalized spacial score (nSPS) is 14.7. The summed E-state index contributed by atoms with van der Waals surface area (Å²) in [4.78, 5) is 26.7. The molecule has 0 spiro atoms. The predicted octanol–water partition coefficient (Wildman–Crippen LogP) is 4.26. The molecule has 0 saturated carbocycles. The lowest BCUT2D eigenvalue weighted by molar-refractivity contribution is -0.114. The summed E-state index contributed by atoms with van der Waals surface area (Å²) in [6, 6.07) is 14.2. The molecule has 0 atom stereocenters. The average molecular weight is 386 g/mol. The van der Waals surface area contributed by atoms with Crippen molar-refractivity contribution in [3.05, 3.63) is 59.1 Å². The maximum absolute atomic E-state index is 12.7. The lowest BCUT2D eigenvalue weighted by atomic mass is 9.98. The summed E-state index contributed by atoms with van der Waals surface area (Å²) in [5.41, 5.74) is 2.08. The van der Waals surface area contributed by atoms with E-state index in [1.807, 2.05) is 23.1 Å². The third kappa shape index (κ3) is 5.47. The number of carbonyl (C=O) groups is 2. The van der Waals surface area contributed by atoms with Crippen LogP contribution in [-0.4, -0.2) is 36.3 Å². The van der Waals surface area contributed by atoms with Crippen LogP contribution >= 0.6 is 11.6 Å². The number of halogens is 1. The molecule has 0 aliphatic carbocycles. The van der Waals surface area contributed by atoms with E-state index in [2.05, 4.69) is 17.6 Å². The Morgan fingerprint density at radius 3 is 2.48 bits per heavy atom. The molecule has 27 heavy (non-hydrogen) atoms. The van der Waals surface area contributed by atoms with E-state index in [1.165, 1.54) is 0 Å². The summed E-state index contributed by atoms with van der Waals surface area (Å²) < 4.78 is 0. The van der Waals surface area contributed by atoms with Gasteiger partial charge in [-0.05, 0) is 61.2 Å². The molecule has 2 aromatic rings. The van der Waals surface area contributed by atoms with Gasteiger partial charge in [0.15, 0.2) is 0 Å². The van der Waals surface area contributed by atoms with Gasteiger partial charge in [0, 0.05) is 35.1 Å². The number of carbonyl (C=O) groups excluding carboxylic acids is 2. The molecular weight excluding hydrogens is 362 g/mol. The molecule has 0 bridgehead atoms. The summed E-state index contributed by atoms with van der Waals surface area (Å²) in [6.07, 6.45) is 2.10. The molecule has 2 aromatic carbocycles. The minimum atomic E-state index is -0.168. The summed E-state index contributed by atoms with van der Waals surface area (Å²) in [7, 11) is 0. The summed E-state index contributed by atoms with van der Waals surface area (Å²) >= 11 is 5.84. The van der Waals surface area contributed by atoms with E-state index < -0.39 is 0 Å². The highest BCUT2D eigenvalue weighted by Gasteiger charge is 2.21. The van der Waals surface area contributed by atoms with Crippen LogP contribution in [0.2, 0.25) is 5.02 Å². The average Bonchev–Trinajstić information content (AvgIpc) is 2.68. The van der Waals surface area contributed by atoms with Crippen molar-refractivity contribution >= 4 is 34.8 Å². The van der Waals surface area contributed by atoms with Gasteiger partial charge in [0.2, 0.25) is 5.91 Å². The molecule has 2 N–H and O–H groups in total. The first-order chi connectivity index (χ1) is 13.0. The Morgan fingerprint density at radius 2 is 1.78 bits per heavy atom. The molecule has 1 saturated heterocycles. The number of hydrogen-bond acceptors (Lipinski definition) is 3. The SMILES string of the molecule is CC1CCN(C(=O)c2cccc(NCC(=O)Nc3ccc(Cl)cc3)c2)CC1. The van der Waals surface area contributed by atoms with Gasteiger partial charge in [-0.15, -0.1) is 0 Å². The lowest BCUT2D eigenvalue weighted by Crippen LogP contribution is -2.37. The van der Waals surface area contributed by atoms with E-state index in [0.29, 0.717) is 22.2 Å². The van der Waals surface area contributed by atoms with Crippen molar-refractivity contribution in [3.8, 4) is 0 Å². The molecule has 1 fully saturated rings. The summed E-state index contributed by atoms with van der Waals surface area (Å²) in [5, 5.41) is 6.49. The van der Waals surface area contributed by atoms with Crippen molar-refractivity contribution in [2.75, 3.05) is 30.3 Å². The van der Waals surface area contributed by atoms with E-state index in [4.69, 9.17) is 11.6 Å². The van der Waals surface area contributed by atoms with Crippen LogP contribution in [0.5, 0.6) is 0 Å². The topological polar surface area (TPSA) is 61.4 Å². The third-order valence-electron chi connectivity index (χ3n) is 4.76. The van der Waals surface area contributed by atoms with Crippen molar-refractivity contribution < 1.29 is 9.59 Å². The maximum atomic E-state index is 12.7. The molecule has 1 aliphatic rings. The second kappa shape index (κ2) is 8.91. The van der Waals surface area contributed by atoms with Crippen LogP contribution in [0.1, 0.15) is 30.1 Å². The number of nitrogens with one attached hydrogen (secondary N) is 2. The number of benzene rings is 2. The number of nitrogens with zero attached hydrogens (tertiary/aromatic N) is 1. The molecule has 5 nitrogen and oxygen atoms in total. The van der Waals surface area contributed by atoms with Gasteiger partial charge in [-0.3, -0.25) is 9.59 Å². The second-order valence-electron chi connectivity index (χ2n) is 6.96. The molecule has 1 heterocycles. The number of rotatable bonds is 5. The molecule has 2 amide bonds. The molecule has 3 rings (SSSR count). The van der Waals surface area contributed by atoms with E-state index >= 15 is 0 Å². The van der Waals surface area contributed by atoms with Crippen LogP contribution in [0.25, 0.3) is 0 Å². The third-order valence-corrected chi connectivity index (χ3v) is 5.01. The van der Waals surface area contributed by atoms with Crippen LogP contribution < -0.4 is 10.6 Å². The fourth-order valence-electron chi connectivity index (χ4n) is 3.08. The number of hydrogen-bond donors (Lipinski definition) is 2. The maximum Gasteiger partial charge on any atom is 0.253 e. The smallest absolute Gasteiger partial charge is 0.253 e. The van der Waals surface area contributed by atoms with Crippen molar-refractivity contribution in [1.82, 2.24) is 4.90 Å². The zero-order valence-electron chi connectivity index (χ0n) is 15.4. The monoisotopic (exact) mass is 385 g/mol. The first-order valence-electron chi connectivity index (χ1n) is 9.20. The van der Waals surface area contributed by atoms with Crippen LogP contribution in [0.4, 0.5) is 11.4 Å². The highest BCUT2D eigenvalue weighted by Crippen LogP contribution is 2.19. The number of amides is 2. The van der Waals surface area contributed by atoms with Crippen molar-refractivity contribution in [1.29, 1.82) is 0 Å². The minimum absolute atomic E-state index is 0.0520. The van der Waals surface area contributed by atoms with Gasteiger partial charge >= 0.3 is 0 Å². The van der Waals surface area contributed by atoms with Gasteiger partial charge in [-0.25, -0.2) is 0 Å². The number of anilines is 2. The lowest BCUT2D eigenvalue weighted by Gasteiger charge is -2.30. The largest absolute Gasteiger partial charge is 0.376 e.